The van der Waals surface area contributed by atoms with Gasteiger partial charge in [0.1, 0.15) is 5.75 Å². The third-order valence-corrected chi connectivity index (χ3v) is 2.56. The summed E-state index contributed by atoms with van der Waals surface area (Å²) in [7, 11) is 0. The summed E-state index contributed by atoms with van der Waals surface area (Å²) in [6.45, 7) is 2.58. The van der Waals surface area contributed by atoms with Gasteiger partial charge in [-0.1, -0.05) is 48.0 Å². The molecule has 2 rings (SSSR count). The van der Waals surface area contributed by atoms with Crippen LogP contribution in [0.2, 0.25) is 0 Å². The Bertz CT molecular complexity index is 524. The molecule has 0 aliphatic rings. The van der Waals surface area contributed by atoms with Gasteiger partial charge >= 0.3 is 6.09 Å². The van der Waals surface area contributed by atoms with Crippen LogP contribution in [0.25, 0.3) is 0 Å². The van der Waals surface area contributed by atoms with Gasteiger partial charge in [0.25, 0.3) is 0 Å². The van der Waals surface area contributed by atoms with Crippen LogP contribution in [-0.4, -0.2) is 6.09 Å². The van der Waals surface area contributed by atoms with Crippen LogP contribution in [-0.2, 0) is 6.54 Å². The molecule has 0 unspecified atom stereocenters. The summed E-state index contributed by atoms with van der Waals surface area (Å²) in [4.78, 5) is 11.5. The van der Waals surface area contributed by atoms with Crippen molar-refractivity contribution in [2.45, 2.75) is 13.5 Å². The second-order valence-corrected chi connectivity index (χ2v) is 4.17. The van der Waals surface area contributed by atoms with Crippen LogP contribution in [0.3, 0.4) is 0 Å². The number of hydrogen-bond acceptors (Lipinski definition) is 3. The van der Waals surface area contributed by atoms with Crippen molar-refractivity contribution in [1.29, 1.82) is 0 Å². The van der Waals surface area contributed by atoms with Crippen molar-refractivity contribution < 1.29 is 9.53 Å². The van der Waals surface area contributed by atoms with Crippen LogP contribution in [0.15, 0.2) is 54.6 Å². The van der Waals surface area contributed by atoms with E-state index in [2.05, 4.69) is 10.9 Å². The highest BCUT2D eigenvalue weighted by Gasteiger charge is 2.02. The summed E-state index contributed by atoms with van der Waals surface area (Å²) >= 11 is 0. The Morgan fingerprint density at radius 2 is 1.74 bits per heavy atom. The molecule has 0 spiro atoms. The zero-order chi connectivity index (χ0) is 13.5. The molecule has 4 heteroatoms. The predicted molar refractivity (Wildman–Crippen MR) is 73.6 cm³/mol. The molecule has 0 saturated heterocycles. The van der Waals surface area contributed by atoms with Gasteiger partial charge in [0, 0.05) is 6.54 Å². The Morgan fingerprint density at radius 3 is 2.42 bits per heavy atom. The average molecular weight is 256 g/mol. The van der Waals surface area contributed by atoms with Gasteiger partial charge in [0.05, 0.1) is 0 Å². The Balaban J connectivity index is 1.74. The Kier molecular flexibility index (Phi) is 4.53. The van der Waals surface area contributed by atoms with Crippen molar-refractivity contribution in [2.24, 2.45) is 0 Å². The quantitative estimate of drug-likeness (QED) is 0.827. The lowest BCUT2D eigenvalue weighted by Gasteiger charge is -2.08. The standard InChI is InChI=1S/C15H16N2O2/c1-12-7-9-13(10-8-12)11-16-17-15(18)19-14-5-3-2-4-6-14/h2-10,16H,11H2,1H3,(H,17,18). The van der Waals surface area contributed by atoms with Gasteiger partial charge in [-0.3, -0.25) is 5.43 Å². The molecule has 1 amide bonds. The van der Waals surface area contributed by atoms with E-state index in [0.717, 1.165) is 5.56 Å². The number of hydrazine groups is 1. The molecular formula is C15H16N2O2. The van der Waals surface area contributed by atoms with Crippen molar-refractivity contribution >= 4 is 6.09 Å². The Morgan fingerprint density at radius 1 is 1.05 bits per heavy atom. The van der Waals surface area contributed by atoms with Crippen molar-refractivity contribution in [3.8, 4) is 5.75 Å². The molecular weight excluding hydrogens is 240 g/mol. The molecule has 2 aromatic rings. The number of para-hydroxylation sites is 1. The zero-order valence-corrected chi connectivity index (χ0v) is 10.7. The lowest BCUT2D eigenvalue weighted by molar-refractivity contribution is 0.195. The van der Waals surface area contributed by atoms with E-state index in [-0.39, 0.29) is 0 Å². The average Bonchev–Trinajstić information content (AvgIpc) is 2.42. The van der Waals surface area contributed by atoms with E-state index in [0.29, 0.717) is 12.3 Å². The Hall–Kier alpha value is -2.33. The molecule has 0 radical (unpaired) electrons. The summed E-state index contributed by atoms with van der Waals surface area (Å²) in [5.41, 5.74) is 7.60. The molecule has 0 bridgehead atoms. The molecule has 0 saturated carbocycles. The number of ether oxygens (including phenoxy) is 1. The van der Waals surface area contributed by atoms with Crippen LogP contribution < -0.4 is 15.6 Å². The highest BCUT2D eigenvalue weighted by atomic mass is 16.6. The molecule has 2 aromatic carbocycles. The van der Waals surface area contributed by atoms with Crippen molar-refractivity contribution in [2.75, 3.05) is 0 Å². The fraction of sp³-hybridized carbons (Fsp3) is 0.133. The molecule has 0 atom stereocenters. The van der Waals surface area contributed by atoms with Crippen LogP contribution in [0.4, 0.5) is 4.79 Å². The maximum atomic E-state index is 11.5. The molecule has 2 N–H and O–H groups in total. The SMILES string of the molecule is Cc1ccc(CNNC(=O)Oc2ccccc2)cc1. The minimum Gasteiger partial charge on any atom is -0.409 e. The highest BCUT2D eigenvalue weighted by Crippen LogP contribution is 2.07. The number of amides is 1. The van der Waals surface area contributed by atoms with E-state index in [1.54, 1.807) is 12.1 Å². The maximum absolute atomic E-state index is 11.5. The summed E-state index contributed by atoms with van der Waals surface area (Å²) in [5.74, 6) is 0.511. The van der Waals surface area contributed by atoms with E-state index in [1.807, 2.05) is 49.4 Å². The van der Waals surface area contributed by atoms with Crippen LogP contribution >= 0.6 is 0 Å². The smallest absolute Gasteiger partial charge is 0.409 e. The van der Waals surface area contributed by atoms with Gasteiger partial charge in [0.15, 0.2) is 0 Å². The normalized spacial score (nSPS) is 9.95. The summed E-state index contributed by atoms with van der Waals surface area (Å²) in [6.07, 6.45) is -0.529. The number of carbonyl (C=O) groups excluding carboxylic acids is 1. The molecule has 19 heavy (non-hydrogen) atoms. The number of rotatable bonds is 4. The van der Waals surface area contributed by atoms with Gasteiger partial charge in [-0.15, -0.1) is 0 Å². The summed E-state index contributed by atoms with van der Waals surface area (Å²) in [5, 5.41) is 0. The zero-order valence-electron chi connectivity index (χ0n) is 10.7. The van der Waals surface area contributed by atoms with Crippen molar-refractivity contribution in [3.05, 3.63) is 65.7 Å². The monoisotopic (exact) mass is 256 g/mol. The minimum atomic E-state index is -0.529. The predicted octanol–water partition coefficient (Wildman–Crippen LogP) is 2.79. The van der Waals surface area contributed by atoms with E-state index in [1.165, 1.54) is 5.56 Å². The number of carbonyl (C=O) groups is 1. The first-order valence-corrected chi connectivity index (χ1v) is 6.05. The Labute approximate surface area is 112 Å². The number of hydrogen-bond donors (Lipinski definition) is 2. The van der Waals surface area contributed by atoms with Crippen LogP contribution in [0.1, 0.15) is 11.1 Å². The molecule has 0 aliphatic carbocycles. The first-order chi connectivity index (χ1) is 9.24. The summed E-state index contributed by atoms with van der Waals surface area (Å²) in [6, 6.07) is 17.0. The topological polar surface area (TPSA) is 50.4 Å². The lowest BCUT2D eigenvalue weighted by Crippen LogP contribution is -2.38. The van der Waals surface area contributed by atoms with Crippen molar-refractivity contribution in [1.82, 2.24) is 10.9 Å². The van der Waals surface area contributed by atoms with Gasteiger partial charge in [-0.05, 0) is 24.6 Å². The molecule has 4 nitrogen and oxygen atoms in total. The largest absolute Gasteiger partial charge is 0.427 e. The second kappa shape index (κ2) is 6.56. The van der Waals surface area contributed by atoms with E-state index in [9.17, 15) is 4.79 Å². The van der Waals surface area contributed by atoms with Crippen LogP contribution in [0.5, 0.6) is 5.75 Å². The maximum Gasteiger partial charge on any atom is 0.427 e. The first-order valence-electron chi connectivity index (χ1n) is 6.05. The molecule has 0 fully saturated rings. The number of benzene rings is 2. The third kappa shape index (κ3) is 4.44. The number of nitrogens with one attached hydrogen (secondary N) is 2. The lowest BCUT2D eigenvalue weighted by atomic mass is 10.1. The van der Waals surface area contributed by atoms with E-state index in [4.69, 9.17) is 4.74 Å². The fourth-order valence-corrected chi connectivity index (χ4v) is 1.55. The van der Waals surface area contributed by atoms with Gasteiger partial charge in [-0.25, -0.2) is 10.2 Å². The van der Waals surface area contributed by atoms with Gasteiger partial charge < -0.3 is 4.74 Å². The van der Waals surface area contributed by atoms with Crippen molar-refractivity contribution in [3.63, 3.8) is 0 Å². The molecule has 0 aromatic heterocycles. The molecule has 98 valence electrons. The summed E-state index contributed by atoms with van der Waals surface area (Å²) < 4.78 is 5.06. The highest BCUT2D eigenvalue weighted by molar-refractivity contribution is 5.69. The number of aryl methyl sites for hydroxylation is 1. The van der Waals surface area contributed by atoms with Crippen LogP contribution in [0, 0.1) is 6.92 Å². The minimum absolute atomic E-state index is 0.511. The molecule has 0 heterocycles. The van der Waals surface area contributed by atoms with E-state index < -0.39 is 6.09 Å². The molecule has 0 aliphatic heterocycles. The van der Waals surface area contributed by atoms with E-state index >= 15 is 0 Å². The third-order valence-electron chi connectivity index (χ3n) is 2.56. The van der Waals surface area contributed by atoms with Gasteiger partial charge in [-0.2, -0.15) is 0 Å². The second-order valence-electron chi connectivity index (χ2n) is 4.17. The fourth-order valence-electron chi connectivity index (χ4n) is 1.55. The first kappa shape index (κ1) is 13.1. The van der Waals surface area contributed by atoms with Gasteiger partial charge in [0.2, 0.25) is 0 Å².